The number of hydrogen-bond acceptors (Lipinski definition) is 15. The normalized spacial score (nSPS) is 14.2. The van der Waals surface area contributed by atoms with Gasteiger partial charge in [0, 0.05) is 25.7 Å². The molecule has 0 bridgehead atoms. The van der Waals surface area contributed by atoms with Crippen LogP contribution in [0.3, 0.4) is 0 Å². The molecule has 0 saturated heterocycles. The van der Waals surface area contributed by atoms with Crippen molar-refractivity contribution in [2.75, 3.05) is 39.6 Å². The fourth-order valence-corrected chi connectivity index (χ4v) is 12.5. The first-order valence-corrected chi connectivity index (χ1v) is 42.5. The summed E-state index contributed by atoms with van der Waals surface area (Å²) in [6, 6.07) is 0. The zero-order valence-electron chi connectivity index (χ0n) is 62.5. The molecule has 5 atom stereocenters. The third kappa shape index (κ3) is 71.2. The van der Waals surface area contributed by atoms with Crippen molar-refractivity contribution in [2.24, 2.45) is 0 Å². The molecule has 19 heteroatoms. The van der Waals surface area contributed by atoms with Crippen LogP contribution in [0.1, 0.15) is 362 Å². The van der Waals surface area contributed by atoms with Crippen molar-refractivity contribution in [3.05, 3.63) is 60.8 Å². The highest BCUT2D eigenvalue weighted by atomic mass is 31.2. The van der Waals surface area contributed by atoms with Crippen LogP contribution in [0, 0.1) is 0 Å². The van der Waals surface area contributed by atoms with E-state index in [2.05, 4.69) is 88.5 Å². The van der Waals surface area contributed by atoms with Gasteiger partial charge in [-0.2, -0.15) is 0 Å². The number of aliphatic hydroxyl groups excluding tert-OH is 1. The third-order valence-corrected chi connectivity index (χ3v) is 18.9. The Morgan fingerprint density at radius 3 is 0.857 bits per heavy atom. The van der Waals surface area contributed by atoms with Crippen molar-refractivity contribution in [2.45, 2.75) is 380 Å². The molecule has 98 heavy (non-hydrogen) atoms. The minimum Gasteiger partial charge on any atom is -0.462 e. The highest BCUT2D eigenvalue weighted by Crippen LogP contribution is 2.45. The largest absolute Gasteiger partial charge is 0.472 e. The van der Waals surface area contributed by atoms with E-state index in [1.807, 2.05) is 0 Å². The summed E-state index contributed by atoms with van der Waals surface area (Å²) in [5.41, 5.74) is 0. The van der Waals surface area contributed by atoms with Gasteiger partial charge in [-0.3, -0.25) is 37.3 Å². The van der Waals surface area contributed by atoms with Crippen molar-refractivity contribution >= 4 is 39.5 Å². The summed E-state index contributed by atoms with van der Waals surface area (Å²) in [6.45, 7) is 4.76. The fourth-order valence-electron chi connectivity index (χ4n) is 10.9. The molecule has 0 spiro atoms. The molecule has 0 heterocycles. The minimum absolute atomic E-state index is 0.0871. The van der Waals surface area contributed by atoms with E-state index in [0.29, 0.717) is 25.7 Å². The molecule has 3 N–H and O–H groups in total. The number of esters is 4. The van der Waals surface area contributed by atoms with Gasteiger partial charge in [-0.1, -0.05) is 294 Å². The van der Waals surface area contributed by atoms with Crippen LogP contribution in [0.25, 0.3) is 0 Å². The Hall–Kier alpha value is -3.24. The summed E-state index contributed by atoms with van der Waals surface area (Å²) in [5.74, 6) is -2.17. The summed E-state index contributed by atoms with van der Waals surface area (Å²) < 4.78 is 68.5. The summed E-state index contributed by atoms with van der Waals surface area (Å²) in [6.07, 6.45) is 70.6. The number of rotatable bonds is 75. The molecule has 5 unspecified atom stereocenters. The number of carbonyl (C=O) groups excluding carboxylic acids is 4. The number of phosphoric ester groups is 2. The number of aliphatic hydroxyl groups is 1. The van der Waals surface area contributed by atoms with Crippen molar-refractivity contribution in [3.63, 3.8) is 0 Å². The number of phosphoric acid groups is 2. The molecule has 0 fully saturated rings. The van der Waals surface area contributed by atoms with Crippen LogP contribution < -0.4 is 0 Å². The maximum atomic E-state index is 13.1. The van der Waals surface area contributed by atoms with Gasteiger partial charge in [-0.25, -0.2) is 9.13 Å². The second-order valence-electron chi connectivity index (χ2n) is 26.6. The molecule has 0 aliphatic heterocycles. The highest BCUT2D eigenvalue weighted by Gasteiger charge is 2.30. The zero-order valence-corrected chi connectivity index (χ0v) is 64.3. The molecule has 0 radical (unpaired) electrons. The number of unbranched alkanes of at least 4 members (excludes halogenated alkanes) is 39. The van der Waals surface area contributed by atoms with E-state index in [-0.39, 0.29) is 25.7 Å². The molecule has 0 aromatic rings. The summed E-state index contributed by atoms with van der Waals surface area (Å²) in [5, 5.41) is 10.6. The van der Waals surface area contributed by atoms with E-state index in [0.717, 1.165) is 167 Å². The van der Waals surface area contributed by atoms with Gasteiger partial charge in [0.15, 0.2) is 12.2 Å². The molecule has 0 rings (SSSR count). The van der Waals surface area contributed by atoms with Crippen LogP contribution in [0.15, 0.2) is 60.8 Å². The second kappa shape index (κ2) is 72.1. The lowest BCUT2D eigenvalue weighted by molar-refractivity contribution is -0.161. The summed E-state index contributed by atoms with van der Waals surface area (Å²) >= 11 is 0. The van der Waals surface area contributed by atoms with Crippen LogP contribution in [-0.4, -0.2) is 96.7 Å². The molecule has 0 saturated carbocycles. The van der Waals surface area contributed by atoms with E-state index < -0.39 is 97.5 Å². The maximum absolute atomic E-state index is 13.1. The third-order valence-electron chi connectivity index (χ3n) is 17.0. The van der Waals surface area contributed by atoms with E-state index in [1.165, 1.54) is 116 Å². The molecule has 0 amide bonds. The fraction of sp³-hybridized carbons (Fsp3) is 0.823. The van der Waals surface area contributed by atoms with Gasteiger partial charge in [0.25, 0.3) is 0 Å². The average Bonchev–Trinajstić information content (AvgIpc) is 0.986. The SMILES string of the molecule is CC/C=C\C/C=C\C/C=C\CCCCCCCCCC(=O)OCC(COP(=O)(O)OCC(O)COP(=O)(O)OCC(COC(=O)CCCCCCC/C=C\CCCCCCCC)OC(=O)CCCCCCC/C=C\CCCC)OC(=O)CCCCCCCCCCCCCCCCC. The molecule has 0 aromatic carbocycles. The summed E-state index contributed by atoms with van der Waals surface area (Å²) in [4.78, 5) is 72.9. The average molecular weight is 1430 g/mol. The molecular weight excluding hydrogens is 1280 g/mol. The quantitative estimate of drug-likeness (QED) is 0.0169. The number of hydrogen-bond donors (Lipinski definition) is 3. The Bertz CT molecular complexity index is 2100. The Balaban J connectivity index is 5.30. The van der Waals surface area contributed by atoms with Gasteiger partial charge >= 0.3 is 39.5 Å². The van der Waals surface area contributed by atoms with Gasteiger partial charge in [-0.15, -0.1) is 0 Å². The lowest BCUT2D eigenvalue weighted by atomic mass is 10.0. The lowest BCUT2D eigenvalue weighted by Gasteiger charge is -2.21. The zero-order chi connectivity index (χ0) is 71.8. The predicted molar refractivity (Wildman–Crippen MR) is 400 cm³/mol. The molecule has 572 valence electrons. The van der Waals surface area contributed by atoms with E-state index >= 15 is 0 Å². The summed E-state index contributed by atoms with van der Waals surface area (Å²) in [7, 11) is -9.94. The van der Waals surface area contributed by atoms with Gasteiger partial charge in [-0.05, 0) is 103 Å². The van der Waals surface area contributed by atoms with E-state index in [4.69, 9.17) is 37.0 Å². The van der Waals surface area contributed by atoms with Gasteiger partial charge in [0.1, 0.15) is 19.3 Å². The first kappa shape index (κ1) is 94.8. The predicted octanol–water partition coefficient (Wildman–Crippen LogP) is 22.7. The first-order valence-electron chi connectivity index (χ1n) is 39.5. The standard InChI is InChI=1S/C79H144O17P2/c1-5-9-13-17-21-25-29-32-35-36-39-41-45-48-52-56-60-64-77(82)90-70-75(96-79(84)66-62-58-54-50-46-42-38-34-31-27-23-19-15-11-7-3)72-94-98(87,88)92-68-73(80)67-91-97(85,86)93-71-74(95-78(83)65-61-57-53-49-43-28-24-20-16-12-8-4)69-89-76(81)63-59-55-51-47-44-40-37-33-30-26-22-18-14-10-6-2/h9,13,20-21,24-25,32-33,35,37,73-75,80H,5-8,10-12,14-19,22-23,26-31,34,36,38-72H2,1-4H3,(H,85,86)(H,87,88)/b13-9-,24-20-,25-21-,35-32-,37-33-. The van der Waals surface area contributed by atoms with E-state index in [1.54, 1.807) is 0 Å². The van der Waals surface area contributed by atoms with Crippen LogP contribution in [0.5, 0.6) is 0 Å². The van der Waals surface area contributed by atoms with Gasteiger partial charge < -0.3 is 33.8 Å². The Morgan fingerprint density at radius 2 is 0.541 bits per heavy atom. The topological polar surface area (TPSA) is 237 Å². The Kier molecular flexibility index (Phi) is 69.7. The molecule has 0 aromatic heterocycles. The maximum Gasteiger partial charge on any atom is 0.472 e. The van der Waals surface area contributed by atoms with Crippen molar-refractivity contribution in [1.82, 2.24) is 0 Å². The van der Waals surface area contributed by atoms with E-state index in [9.17, 15) is 43.2 Å². The van der Waals surface area contributed by atoms with Crippen LogP contribution >= 0.6 is 15.6 Å². The number of ether oxygens (including phenoxy) is 4. The first-order chi connectivity index (χ1) is 47.7. The Labute approximate surface area is 597 Å². The van der Waals surface area contributed by atoms with Crippen LogP contribution in [0.4, 0.5) is 0 Å². The van der Waals surface area contributed by atoms with Crippen LogP contribution in [-0.2, 0) is 65.4 Å². The molecular formula is C79H144O17P2. The monoisotopic (exact) mass is 1430 g/mol. The molecule has 0 aliphatic carbocycles. The highest BCUT2D eigenvalue weighted by molar-refractivity contribution is 7.47. The van der Waals surface area contributed by atoms with Crippen molar-refractivity contribution in [1.29, 1.82) is 0 Å². The smallest absolute Gasteiger partial charge is 0.462 e. The lowest BCUT2D eigenvalue weighted by Crippen LogP contribution is -2.30. The van der Waals surface area contributed by atoms with Gasteiger partial charge in [0.2, 0.25) is 0 Å². The minimum atomic E-state index is -4.97. The second-order valence-corrected chi connectivity index (χ2v) is 29.5. The van der Waals surface area contributed by atoms with Crippen molar-refractivity contribution < 1.29 is 80.2 Å². The number of carbonyl (C=O) groups is 4. The van der Waals surface area contributed by atoms with Crippen molar-refractivity contribution in [3.8, 4) is 0 Å². The van der Waals surface area contributed by atoms with Gasteiger partial charge in [0.05, 0.1) is 26.4 Å². The molecule has 0 aliphatic rings. The molecule has 17 nitrogen and oxygen atoms in total. The number of allylic oxidation sites excluding steroid dienone is 10. The van der Waals surface area contributed by atoms with Crippen LogP contribution in [0.2, 0.25) is 0 Å². The Morgan fingerprint density at radius 1 is 0.296 bits per heavy atom.